The summed E-state index contributed by atoms with van der Waals surface area (Å²) in [4.78, 5) is 0. The molecule has 0 radical (unpaired) electrons. The number of aromatic hydroxyl groups is 2. The highest BCUT2D eigenvalue weighted by Gasteiger charge is 2.53. The molecule has 10 heteroatoms. The van der Waals surface area contributed by atoms with E-state index in [-0.39, 0.29) is 36.8 Å². The summed E-state index contributed by atoms with van der Waals surface area (Å²) in [7, 11) is -5.16. The number of benzene rings is 3. The van der Waals surface area contributed by atoms with Crippen molar-refractivity contribution < 1.29 is 23.2 Å². The van der Waals surface area contributed by atoms with Crippen LogP contribution in [0.3, 0.4) is 0 Å². The Morgan fingerprint density at radius 1 is 0.690 bits per heavy atom. The van der Waals surface area contributed by atoms with Crippen LogP contribution >= 0.6 is 46.4 Å². The van der Waals surface area contributed by atoms with Gasteiger partial charge in [-0.15, -0.1) is 0 Å². The Kier molecular flexibility index (Phi) is 5.98. The van der Waals surface area contributed by atoms with E-state index in [4.69, 9.17) is 46.4 Å². The molecule has 1 atom stereocenters. The topological polar surface area (TPSA) is 94.8 Å². The van der Waals surface area contributed by atoms with Gasteiger partial charge in [0.2, 0.25) is 0 Å². The summed E-state index contributed by atoms with van der Waals surface area (Å²) in [6.45, 7) is 0. The van der Waals surface area contributed by atoms with E-state index < -0.39 is 26.4 Å². The monoisotopic (exact) mass is 492 g/mol. The second kappa shape index (κ2) is 7.87. The summed E-state index contributed by atoms with van der Waals surface area (Å²) < 4.78 is 34.0. The molecule has 0 aliphatic rings. The van der Waals surface area contributed by atoms with Crippen LogP contribution in [0.25, 0.3) is 0 Å². The van der Waals surface area contributed by atoms with Gasteiger partial charge >= 0.3 is 0 Å². The number of rotatable bonds is 4. The molecule has 3 aromatic carbocycles. The van der Waals surface area contributed by atoms with E-state index in [2.05, 4.69) is 0 Å². The van der Waals surface area contributed by atoms with Gasteiger partial charge in [-0.3, -0.25) is 4.55 Å². The molecule has 0 saturated heterocycles. The van der Waals surface area contributed by atoms with Crippen LogP contribution in [0.4, 0.5) is 0 Å². The number of para-hydroxylation sites is 1. The molecule has 1 unspecified atom stereocenters. The molecule has 3 rings (SSSR count). The highest BCUT2D eigenvalue weighted by Crippen LogP contribution is 2.53. The van der Waals surface area contributed by atoms with E-state index in [1.807, 2.05) is 0 Å². The van der Waals surface area contributed by atoms with Gasteiger partial charge < -0.3 is 10.2 Å². The molecule has 0 saturated carbocycles. The van der Waals surface area contributed by atoms with Crippen molar-refractivity contribution >= 4 is 56.5 Å². The fourth-order valence-corrected chi connectivity index (χ4v) is 5.92. The normalized spacial score (nSPS) is 13.8. The van der Waals surface area contributed by atoms with Crippen molar-refractivity contribution in [1.29, 1.82) is 0 Å². The van der Waals surface area contributed by atoms with Gasteiger partial charge in [0.15, 0.2) is 4.75 Å². The minimum Gasteiger partial charge on any atom is -0.508 e. The van der Waals surface area contributed by atoms with Gasteiger partial charge in [-0.2, -0.15) is 8.42 Å². The molecular formula is C19H12Cl4O5S. The quantitative estimate of drug-likeness (QED) is 0.311. The first-order chi connectivity index (χ1) is 13.5. The standard InChI is InChI=1S/C19H12Cl4O5S/c20-12-5-3-6-13(21)18(12)19(29(26,27)28,10-4-1-2-7-16(10)24)11-8-15(23)17(25)9-14(11)22/h1-9,24-25H,(H,26,27,28). The van der Waals surface area contributed by atoms with Crippen LogP contribution in [0.2, 0.25) is 20.1 Å². The van der Waals surface area contributed by atoms with Gasteiger partial charge in [0.25, 0.3) is 10.1 Å². The van der Waals surface area contributed by atoms with Crippen molar-refractivity contribution in [2.45, 2.75) is 4.75 Å². The summed E-state index contributed by atoms with van der Waals surface area (Å²) in [6, 6.07) is 11.7. The molecule has 29 heavy (non-hydrogen) atoms. The lowest BCUT2D eigenvalue weighted by atomic mass is 9.83. The Hall–Kier alpha value is -1.67. The fraction of sp³-hybridized carbons (Fsp3) is 0.0526. The van der Waals surface area contributed by atoms with E-state index in [1.54, 1.807) is 0 Å². The van der Waals surface area contributed by atoms with E-state index in [0.717, 1.165) is 12.1 Å². The Labute approximate surface area is 186 Å². The molecule has 0 aliphatic carbocycles. The van der Waals surface area contributed by atoms with E-state index in [0.29, 0.717) is 0 Å². The van der Waals surface area contributed by atoms with Crippen LogP contribution < -0.4 is 0 Å². The van der Waals surface area contributed by atoms with Crippen molar-refractivity contribution in [2.24, 2.45) is 0 Å². The highest BCUT2D eigenvalue weighted by atomic mass is 35.5. The minimum atomic E-state index is -5.16. The zero-order chi connectivity index (χ0) is 21.6. The number of hydrogen-bond acceptors (Lipinski definition) is 4. The van der Waals surface area contributed by atoms with Gasteiger partial charge in [0.05, 0.1) is 5.02 Å². The maximum Gasteiger partial charge on any atom is 0.283 e. The van der Waals surface area contributed by atoms with Gasteiger partial charge in [0, 0.05) is 37.8 Å². The lowest BCUT2D eigenvalue weighted by Crippen LogP contribution is -2.39. The summed E-state index contributed by atoms with van der Waals surface area (Å²) in [5, 5.41) is 19.7. The van der Waals surface area contributed by atoms with Gasteiger partial charge in [0.1, 0.15) is 11.5 Å². The van der Waals surface area contributed by atoms with Crippen molar-refractivity contribution in [1.82, 2.24) is 0 Å². The van der Waals surface area contributed by atoms with Crippen LogP contribution in [0.5, 0.6) is 11.5 Å². The van der Waals surface area contributed by atoms with E-state index in [9.17, 15) is 23.2 Å². The molecule has 3 N–H and O–H groups in total. The Morgan fingerprint density at radius 2 is 1.28 bits per heavy atom. The summed E-state index contributed by atoms with van der Waals surface area (Å²) in [5.41, 5.74) is -0.766. The molecule has 0 fully saturated rings. The minimum absolute atomic E-state index is 0.112. The zero-order valence-electron chi connectivity index (χ0n) is 14.3. The lowest BCUT2D eigenvalue weighted by molar-refractivity contribution is 0.440. The Morgan fingerprint density at radius 3 is 1.83 bits per heavy atom. The van der Waals surface area contributed by atoms with Gasteiger partial charge in [-0.25, -0.2) is 0 Å². The average molecular weight is 494 g/mol. The smallest absolute Gasteiger partial charge is 0.283 e. The van der Waals surface area contributed by atoms with E-state index >= 15 is 0 Å². The van der Waals surface area contributed by atoms with Crippen molar-refractivity contribution in [3.05, 3.63) is 91.4 Å². The van der Waals surface area contributed by atoms with Crippen LogP contribution in [-0.2, 0) is 14.9 Å². The summed E-state index contributed by atoms with van der Waals surface area (Å²) in [6.07, 6.45) is 0. The van der Waals surface area contributed by atoms with E-state index in [1.165, 1.54) is 42.5 Å². The molecule has 0 aliphatic heterocycles. The largest absolute Gasteiger partial charge is 0.508 e. The number of phenolic OH excluding ortho intramolecular Hbond substituents is 2. The predicted octanol–water partition coefficient (Wildman–Crippen LogP) is 5.89. The third-order valence-electron chi connectivity index (χ3n) is 4.40. The van der Waals surface area contributed by atoms with Crippen LogP contribution in [0.1, 0.15) is 16.7 Å². The first-order valence-corrected chi connectivity index (χ1v) is 10.9. The Balaban J connectivity index is 2.68. The molecule has 5 nitrogen and oxygen atoms in total. The van der Waals surface area contributed by atoms with Crippen molar-refractivity contribution in [3.63, 3.8) is 0 Å². The van der Waals surface area contributed by atoms with Crippen molar-refractivity contribution in [2.75, 3.05) is 0 Å². The molecule has 152 valence electrons. The number of halogens is 4. The fourth-order valence-electron chi connectivity index (χ4n) is 3.23. The highest BCUT2D eigenvalue weighted by molar-refractivity contribution is 7.87. The average Bonchev–Trinajstić information content (AvgIpc) is 2.62. The number of phenols is 2. The number of hydrogen-bond donors (Lipinski definition) is 3. The second-order valence-electron chi connectivity index (χ2n) is 6.05. The van der Waals surface area contributed by atoms with Gasteiger partial charge in [-0.1, -0.05) is 70.7 Å². The van der Waals surface area contributed by atoms with Crippen LogP contribution in [-0.4, -0.2) is 23.2 Å². The van der Waals surface area contributed by atoms with Crippen LogP contribution in [0.15, 0.2) is 54.6 Å². The summed E-state index contributed by atoms with van der Waals surface area (Å²) >= 11 is 25.0. The Bertz CT molecular complexity index is 1190. The zero-order valence-corrected chi connectivity index (χ0v) is 18.1. The SMILES string of the molecule is O=S(=O)(O)C(c1ccccc1O)(c1cc(Cl)c(O)cc1Cl)c1c(Cl)cccc1Cl. The first-order valence-electron chi connectivity index (χ1n) is 7.90. The van der Waals surface area contributed by atoms with Crippen molar-refractivity contribution in [3.8, 4) is 11.5 Å². The maximum atomic E-state index is 13.0. The predicted molar refractivity (Wildman–Crippen MR) is 114 cm³/mol. The molecule has 0 aromatic heterocycles. The molecule has 0 amide bonds. The molecule has 3 aromatic rings. The first kappa shape index (κ1) is 22.0. The lowest BCUT2D eigenvalue weighted by Gasteiger charge is -2.35. The molecule has 0 spiro atoms. The third-order valence-corrected chi connectivity index (χ3v) is 7.06. The molecule has 0 bridgehead atoms. The molecular weight excluding hydrogens is 482 g/mol. The maximum absolute atomic E-state index is 13.0. The summed E-state index contributed by atoms with van der Waals surface area (Å²) in [5.74, 6) is -0.881. The molecule has 0 heterocycles. The second-order valence-corrected chi connectivity index (χ2v) is 9.24. The van der Waals surface area contributed by atoms with Crippen LogP contribution in [0, 0.1) is 0 Å². The van der Waals surface area contributed by atoms with Gasteiger partial charge in [-0.05, 0) is 24.3 Å². The third kappa shape index (κ3) is 3.54.